The highest BCUT2D eigenvalue weighted by Crippen LogP contribution is 2.36. The van der Waals surface area contributed by atoms with E-state index in [9.17, 15) is 24.0 Å². The summed E-state index contributed by atoms with van der Waals surface area (Å²) in [5.41, 5.74) is 4.43. The molecule has 62 heavy (non-hydrogen) atoms. The number of anilines is 3. The molecule has 324 valence electrons. The summed E-state index contributed by atoms with van der Waals surface area (Å²) in [5.74, 6) is -0.0331. The third-order valence-electron chi connectivity index (χ3n) is 12.8. The number of likely N-dealkylation sites (N-methyl/N-ethyl adjacent to an activating group) is 1. The summed E-state index contributed by atoms with van der Waals surface area (Å²) in [6, 6.07) is 12.2. The van der Waals surface area contributed by atoms with Gasteiger partial charge in [0.1, 0.15) is 29.7 Å². The van der Waals surface area contributed by atoms with Crippen molar-refractivity contribution in [2.24, 2.45) is 0 Å². The van der Waals surface area contributed by atoms with Gasteiger partial charge in [-0.2, -0.15) is 0 Å². The first-order chi connectivity index (χ1) is 30.1. The van der Waals surface area contributed by atoms with Crippen LogP contribution in [0.3, 0.4) is 0 Å². The van der Waals surface area contributed by atoms with Crippen LogP contribution < -0.4 is 20.0 Å². The number of piperidine rings is 1. The van der Waals surface area contributed by atoms with Crippen LogP contribution in [0.15, 0.2) is 48.8 Å². The van der Waals surface area contributed by atoms with Crippen LogP contribution in [0.25, 0.3) is 11.5 Å². The van der Waals surface area contributed by atoms with Crippen molar-refractivity contribution in [1.29, 1.82) is 0 Å². The Kier molecular flexibility index (Phi) is 11.5. The molecule has 18 nitrogen and oxygen atoms in total. The zero-order valence-electron chi connectivity index (χ0n) is 35.5. The second-order valence-electron chi connectivity index (χ2n) is 16.7. The van der Waals surface area contributed by atoms with Crippen molar-refractivity contribution in [1.82, 2.24) is 44.7 Å². The van der Waals surface area contributed by atoms with Crippen LogP contribution in [0, 0.1) is 0 Å². The summed E-state index contributed by atoms with van der Waals surface area (Å²) in [5, 5.41) is 10.6. The van der Waals surface area contributed by atoms with Crippen LogP contribution in [-0.2, 0) is 34.0 Å². The SMILES string of the molecule is CCn1cnnc1-c1cccc(N2Cc3c(cc(N4CCC[C@H]4C)nc3CN(C)CCOCCN3CCN(c4cccc5c4C(=O)N(C4CCC(=O)NC4=O)C5=O)CC3)C2=O)n1. The van der Waals surface area contributed by atoms with Crippen LogP contribution in [0.1, 0.15) is 81.9 Å². The monoisotopic (exact) mass is 844 g/mol. The van der Waals surface area contributed by atoms with Crippen molar-refractivity contribution in [2.45, 2.75) is 71.2 Å². The van der Waals surface area contributed by atoms with E-state index in [0.717, 1.165) is 61.0 Å². The van der Waals surface area contributed by atoms with E-state index in [0.29, 0.717) is 92.7 Å². The van der Waals surface area contributed by atoms with Gasteiger partial charge in [0, 0.05) is 76.9 Å². The molecule has 0 bridgehead atoms. The third kappa shape index (κ3) is 7.81. The predicted molar refractivity (Wildman–Crippen MR) is 229 cm³/mol. The van der Waals surface area contributed by atoms with E-state index in [1.165, 1.54) is 0 Å². The van der Waals surface area contributed by atoms with Crippen LogP contribution in [0.2, 0.25) is 0 Å². The number of aromatic nitrogens is 5. The number of fused-ring (bicyclic) bond motifs is 2. The largest absolute Gasteiger partial charge is 0.379 e. The number of carbonyl (C=O) groups is 5. The van der Waals surface area contributed by atoms with Crippen molar-refractivity contribution in [3.8, 4) is 11.5 Å². The first-order valence-electron chi connectivity index (χ1n) is 21.6. The van der Waals surface area contributed by atoms with Crippen LogP contribution in [0.4, 0.5) is 17.3 Å². The second-order valence-corrected chi connectivity index (χ2v) is 16.7. The number of pyridine rings is 2. The number of nitrogens with one attached hydrogen (secondary N) is 1. The molecular formula is C44H52N12O6. The smallest absolute Gasteiger partial charge is 0.264 e. The Labute approximate surface area is 359 Å². The molecule has 5 aliphatic heterocycles. The van der Waals surface area contributed by atoms with E-state index >= 15 is 0 Å². The molecule has 3 aromatic heterocycles. The number of aryl methyl sites for hydroxylation is 1. The van der Waals surface area contributed by atoms with E-state index in [1.54, 1.807) is 23.4 Å². The molecule has 18 heteroatoms. The molecule has 0 aliphatic carbocycles. The molecule has 5 amide bonds. The number of imide groups is 2. The van der Waals surface area contributed by atoms with Gasteiger partial charge in [0.05, 0.1) is 47.8 Å². The van der Waals surface area contributed by atoms with Crippen molar-refractivity contribution >= 4 is 46.9 Å². The summed E-state index contributed by atoms with van der Waals surface area (Å²) >= 11 is 0. The lowest BCUT2D eigenvalue weighted by Gasteiger charge is -2.36. The zero-order chi connectivity index (χ0) is 43.1. The summed E-state index contributed by atoms with van der Waals surface area (Å²) in [6.45, 7) is 12.1. The van der Waals surface area contributed by atoms with Crippen LogP contribution in [-0.4, -0.2) is 147 Å². The highest BCUT2D eigenvalue weighted by molar-refractivity contribution is 6.25. The zero-order valence-corrected chi connectivity index (χ0v) is 35.5. The van der Waals surface area contributed by atoms with E-state index in [1.807, 2.05) is 48.9 Å². The standard InChI is InChI=1S/C44H52N12O6/c1-4-52-27-45-49-40(52)32-10-6-12-36(46-32)55-25-31-30(42(55)59)24-37(54-15-7-8-28(54)2)47-33(31)26-50(3)20-22-62-23-21-51-16-18-53(19-17-51)34-11-5-9-29-39(34)44(61)56(43(29)60)35-13-14-38(57)48-41(35)58/h5-6,9-12,24,27-28,35H,4,7-8,13-23,25-26H2,1-3H3,(H,48,57,58)/t28-,35?/m1/s1. The predicted octanol–water partition coefficient (Wildman–Crippen LogP) is 2.58. The minimum Gasteiger partial charge on any atom is -0.379 e. The summed E-state index contributed by atoms with van der Waals surface area (Å²) in [7, 11) is 2.05. The maximum absolute atomic E-state index is 14.1. The summed E-state index contributed by atoms with van der Waals surface area (Å²) < 4.78 is 8.07. The van der Waals surface area contributed by atoms with E-state index < -0.39 is 29.7 Å². The average molecular weight is 845 g/mol. The lowest BCUT2D eigenvalue weighted by atomic mass is 10.0. The molecule has 5 aliphatic rings. The van der Waals surface area contributed by atoms with Gasteiger partial charge in [-0.25, -0.2) is 9.97 Å². The van der Waals surface area contributed by atoms with Crippen molar-refractivity contribution in [3.05, 3.63) is 76.7 Å². The molecule has 9 rings (SSSR count). The van der Waals surface area contributed by atoms with Gasteiger partial charge in [0.25, 0.3) is 17.7 Å². The minimum atomic E-state index is -0.998. The Balaban J connectivity index is 0.789. The van der Waals surface area contributed by atoms with Gasteiger partial charge in [-0.05, 0) is 70.5 Å². The molecule has 4 aromatic rings. The number of nitrogens with zero attached hydrogens (tertiary/aromatic N) is 11. The number of ether oxygens (including phenoxy) is 1. The Hall–Kier alpha value is -6.11. The Morgan fingerprint density at radius 3 is 2.48 bits per heavy atom. The van der Waals surface area contributed by atoms with Gasteiger partial charge in [-0.15, -0.1) is 10.2 Å². The van der Waals surface area contributed by atoms with Crippen molar-refractivity contribution in [2.75, 3.05) is 80.8 Å². The molecule has 1 unspecified atom stereocenters. The maximum atomic E-state index is 14.1. The molecule has 1 N–H and O–H groups in total. The van der Waals surface area contributed by atoms with Crippen molar-refractivity contribution < 1.29 is 28.7 Å². The van der Waals surface area contributed by atoms with Crippen LogP contribution in [0.5, 0.6) is 0 Å². The number of piperazine rings is 1. The Morgan fingerprint density at radius 2 is 1.71 bits per heavy atom. The summed E-state index contributed by atoms with van der Waals surface area (Å²) in [6.07, 6.45) is 4.06. The van der Waals surface area contributed by atoms with Gasteiger partial charge in [-0.1, -0.05) is 12.1 Å². The number of benzene rings is 1. The van der Waals surface area contributed by atoms with Crippen molar-refractivity contribution in [3.63, 3.8) is 0 Å². The average Bonchev–Trinajstić information content (AvgIpc) is 4.07. The molecule has 0 saturated carbocycles. The van der Waals surface area contributed by atoms with Gasteiger partial charge >= 0.3 is 0 Å². The molecule has 3 saturated heterocycles. The molecule has 8 heterocycles. The third-order valence-corrected chi connectivity index (χ3v) is 12.8. The Morgan fingerprint density at radius 1 is 0.887 bits per heavy atom. The van der Waals surface area contributed by atoms with Gasteiger partial charge < -0.3 is 19.1 Å². The normalized spacial score (nSPS) is 20.5. The number of hydrogen-bond donors (Lipinski definition) is 1. The second kappa shape index (κ2) is 17.3. The van der Waals surface area contributed by atoms with E-state index in [4.69, 9.17) is 14.7 Å². The Bertz CT molecular complexity index is 2410. The first-order valence-corrected chi connectivity index (χ1v) is 21.6. The number of amides is 5. The highest BCUT2D eigenvalue weighted by Gasteiger charge is 2.46. The fraction of sp³-hybridized carbons (Fsp3) is 0.477. The number of carbonyl (C=O) groups excluding carboxylic acids is 5. The topological polar surface area (TPSA) is 183 Å². The molecular weight excluding hydrogens is 793 g/mol. The fourth-order valence-corrected chi connectivity index (χ4v) is 9.30. The molecule has 1 aromatic carbocycles. The van der Waals surface area contributed by atoms with Crippen LogP contribution >= 0.6 is 0 Å². The van der Waals surface area contributed by atoms with Gasteiger partial charge in [0.2, 0.25) is 11.8 Å². The molecule has 0 spiro atoms. The summed E-state index contributed by atoms with van der Waals surface area (Å²) in [4.78, 5) is 87.2. The van der Waals surface area contributed by atoms with Gasteiger partial charge in [-0.3, -0.25) is 48.9 Å². The number of hydrogen-bond acceptors (Lipinski definition) is 14. The molecule has 2 atom stereocenters. The maximum Gasteiger partial charge on any atom is 0.264 e. The quantitative estimate of drug-likeness (QED) is 0.144. The number of rotatable bonds is 14. The van der Waals surface area contributed by atoms with E-state index in [2.05, 4.69) is 42.0 Å². The molecule has 0 radical (unpaired) electrons. The fourth-order valence-electron chi connectivity index (χ4n) is 9.30. The first kappa shape index (κ1) is 41.3. The molecule has 3 fully saturated rings. The van der Waals surface area contributed by atoms with E-state index in [-0.39, 0.29) is 24.3 Å². The lowest BCUT2D eigenvalue weighted by molar-refractivity contribution is -0.136. The van der Waals surface area contributed by atoms with Gasteiger partial charge in [0.15, 0.2) is 5.82 Å². The highest BCUT2D eigenvalue weighted by atomic mass is 16.5. The lowest BCUT2D eigenvalue weighted by Crippen LogP contribution is -2.54. The minimum absolute atomic E-state index is 0.0787.